The number of hydrogen-bond acceptors (Lipinski definition) is 6. The summed E-state index contributed by atoms with van der Waals surface area (Å²) in [5.41, 5.74) is 1.11. The van der Waals surface area contributed by atoms with Crippen molar-refractivity contribution in [1.29, 1.82) is 0 Å². The molecule has 2 aromatic carbocycles. The van der Waals surface area contributed by atoms with E-state index < -0.39 is 17.8 Å². The smallest absolute Gasteiger partial charge is 0.345 e. The summed E-state index contributed by atoms with van der Waals surface area (Å²) in [6.07, 6.45) is -3.87. The molecule has 0 spiro atoms. The predicted molar refractivity (Wildman–Crippen MR) is 139 cm³/mol. The highest BCUT2D eigenvalue weighted by molar-refractivity contribution is 5.87. The van der Waals surface area contributed by atoms with Crippen molar-refractivity contribution in [3.8, 4) is 22.8 Å². The highest BCUT2D eigenvalue weighted by atomic mass is 19.4. The second kappa shape index (κ2) is 12.0. The van der Waals surface area contributed by atoms with E-state index in [1.54, 1.807) is 0 Å². The summed E-state index contributed by atoms with van der Waals surface area (Å²) in [5.74, 6) is 0.316. The van der Waals surface area contributed by atoms with Gasteiger partial charge in [-0.3, -0.25) is 14.5 Å². The number of halogens is 3. The second-order valence-electron chi connectivity index (χ2n) is 10.2. The number of alkyl halides is 3. The average molecular weight is 544 g/mol. The molecule has 3 aromatic rings. The van der Waals surface area contributed by atoms with E-state index in [1.807, 2.05) is 43.0 Å². The molecule has 11 heteroatoms. The molecule has 4 rings (SSSR count). The van der Waals surface area contributed by atoms with E-state index in [4.69, 9.17) is 4.52 Å². The van der Waals surface area contributed by atoms with Gasteiger partial charge >= 0.3 is 6.18 Å². The zero-order chi connectivity index (χ0) is 28.2. The molecule has 8 nitrogen and oxygen atoms in total. The molecule has 0 bridgehead atoms. The fourth-order valence-electron chi connectivity index (χ4n) is 4.64. The molecule has 1 fully saturated rings. The van der Waals surface area contributed by atoms with Crippen molar-refractivity contribution in [1.82, 2.24) is 25.3 Å². The van der Waals surface area contributed by atoms with Crippen molar-refractivity contribution >= 4 is 11.8 Å². The van der Waals surface area contributed by atoms with Gasteiger partial charge in [0.15, 0.2) is 0 Å². The lowest BCUT2D eigenvalue weighted by atomic mass is 10.0. The van der Waals surface area contributed by atoms with Crippen molar-refractivity contribution in [3.63, 3.8) is 0 Å². The minimum atomic E-state index is -4.47. The maximum absolute atomic E-state index is 13.1. The Morgan fingerprint density at radius 1 is 1.03 bits per heavy atom. The molecule has 0 aliphatic carbocycles. The van der Waals surface area contributed by atoms with Gasteiger partial charge in [-0.2, -0.15) is 18.2 Å². The molecule has 1 aliphatic heterocycles. The molecular weight excluding hydrogens is 511 g/mol. The minimum Gasteiger partial charge on any atom is -0.345 e. The van der Waals surface area contributed by atoms with Crippen LogP contribution in [0.25, 0.3) is 22.8 Å². The fourth-order valence-corrected chi connectivity index (χ4v) is 4.64. The van der Waals surface area contributed by atoms with Crippen LogP contribution in [-0.2, 0) is 22.3 Å². The first-order valence-corrected chi connectivity index (χ1v) is 12.9. The van der Waals surface area contributed by atoms with E-state index in [9.17, 15) is 22.8 Å². The van der Waals surface area contributed by atoms with Gasteiger partial charge in [0.25, 0.3) is 5.89 Å². The number of aromatic nitrogens is 2. The highest BCUT2D eigenvalue weighted by Crippen LogP contribution is 2.32. The number of piperazine rings is 1. The Hall–Kier alpha value is -3.73. The van der Waals surface area contributed by atoms with Gasteiger partial charge in [0.1, 0.15) is 6.04 Å². The summed E-state index contributed by atoms with van der Waals surface area (Å²) in [6, 6.07) is 11.9. The van der Waals surface area contributed by atoms with Crippen LogP contribution in [0.15, 0.2) is 53.1 Å². The number of nitrogens with one attached hydrogen (secondary N) is 1. The lowest BCUT2D eigenvalue weighted by Crippen LogP contribution is -2.54. The molecule has 2 amide bonds. The monoisotopic (exact) mass is 543 g/mol. The molecule has 1 N–H and O–H groups in total. The van der Waals surface area contributed by atoms with Gasteiger partial charge in [-0.05, 0) is 42.2 Å². The van der Waals surface area contributed by atoms with Crippen LogP contribution in [0.1, 0.15) is 38.3 Å². The zero-order valence-electron chi connectivity index (χ0n) is 22.2. The Labute approximate surface area is 225 Å². The number of rotatable bonds is 8. The topological polar surface area (TPSA) is 91.6 Å². The number of carbonyl (C=O) groups excluding carboxylic acids is 2. The normalized spacial score (nSPS) is 15.4. The summed E-state index contributed by atoms with van der Waals surface area (Å²) in [6.45, 7) is 8.63. The van der Waals surface area contributed by atoms with Crippen molar-refractivity contribution in [2.75, 3.05) is 26.2 Å². The third-order valence-electron chi connectivity index (χ3n) is 6.52. The van der Waals surface area contributed by atoms with Gasteiger partial charge < -0.3 is 14.7 Å². The molecular formula is C28H32F3N5O3. The van der Waals surface area contributed by atoms with E-state index >= 15 is 0 Å². The molecule has 1 saturated heterocycles. The van der Waals surface area contributed by atoms with Crippen molar-refractivity contribution < 1.29 is 27.3 Å². The van der Waals surface area contributed by atoms with E-state index in [1.165, 1.54) is 19.1 Å². The van der Waals surface area contributed by atoms with Crippen LogP contribution < -0.4 is 5.32 Å². The first-order valence-electron chi connectivity index (χ1n) is 12.9. The van der Waals surface area contributed by atoms with Crippen LogP contribution in [0, 0.1) is 5.92 Å². The molecule has 39 heavy (non-hydrogen) atoms. The first-order chi connectivity index (χ1) is 18.5. The Morgan fingerprint density at radius 2 is 1.72 bits per heavy atom. The quantitative estimate of drug-likeness (QED) is 0.446. The number of amides is 2. The van der Waals surface area contributed by atoms with Crippen molar-refractivity contribution in [2.45, 2.75) is 46.0 Å². The van der Waals surface area contributed by atoms with Crippen LogP contribution in [0.2, 0.25) is 0 Å². The molecule has 0 saturated carbocycles. The lowest BCUT2D eigenvalue weighted by molar-refractivity contribution is -0.138. The number of carbonyl (C=O) groups is 2. The first kappa shape index (κ1) is 28.3. The Morgan fingerprint density at radius 3 is 2.38 bits per heavy atom. The van der Waals surface area contributed by atoms with E-state index in [0.29, 0.717) is 44.7 Å². The van der Waals surface area contributed by atoms with Gasteiger partial charge in [-0.1, -0.05) is 43.3 Å². The van der Waals surface area contributed by atoms with E-state index in [-0.39, 0.29) is 35.0 Å². The van der Waals surface area contributed by atoms with Gasteiger partial charge in [0, 0.05) is 50.8 Å². The highest BCUT2D eigenvalue weighted by Gasteiger charge is 2.31. The Balaban J connectivity index is 1.38. The van der Waals surface area contributed by atoms with Crippen molar-refractivity contribution in [2.24, 2.45) is 5.92 Å². The van der Waals surface area contributed by atoms with Crippen LogP contribution >= 0.6 is 0 Å². The molecule has 0 radical (unpaired) electrons. The third-order valence-corrected chi connectivity index (χ3v) is 6.52. The van der Waals surface area contributed by atoms with Gasteiger partial charge in [0.05, 0.1) is 5.56 Å². The molecule has 1 atom stereocenters. The van der Waals surface area contributed by atoms with Crippen LogP contribution in [0.5, 0.6) is 0 Å². The van der Waals surface area contributed by atoms with Gasteiger partial charge in [-0.25, -0.2) is 0 Å². The second-order valence-corrected chi connectivity index (χ2v) is 10.2. The Kier molecular flexibility index (Phi) is 8.69. The van der Waals surface area contributed by atoms with E-state index in [0.717, 1.165) is 17.7 Å². The van der Waals surface area contributed by atoms with Gasteiger partial charge in [-0.15, -0.1) is 0 Å². The Bertz CT molecular complexity index is 1300. The summed E-state index contributed by atoms with van der Waals surface area (Å²) in [5, 5.41) is 6.76. The zero-order valence-corrected chi connectivity index (χ0v) is 22.2. The largest absolute Gasteiger partial charge is 0.416 e. The summed E-state index contributed by atoms with van der Waals surface area (Å²) in [4.78, 5) is 33.0. The number of nitrogens with zero attached hydrogens (tertiary/aromatic N) is 4. The van der Waals surface area contributed by atoms with Crippen LogP contribution in [0.4, 0.5) is 13.2 Å². The lowest BCUT2D eigenvalue weighted by Gasteiger charge is -2.36. The summed E-state index contributed by atoms with van der Waals surface area (Å²) >= 11 is 0. The maximum atomic E-state index is 13.1. The number of benzene rings is 2. The SMILES string of the molecule is CC(=O)N[C@@H](CC(C)C)C(=O)N1CCN(Cc2cccc(-c3noc(-c4cccc(C(F)(F)F)c4)n3)c2)CC1. The average Bonchev–Trinajstić information content (AvgIpc) is 3.38. The standard InChI is InChI=1S/C28H32F3N5O3/c1-18(2)14-24(32-19(3)37)27(38)36-12-10-35(11-13-36)17-20-6-4-7-21(15-20)25-33-26(39-34-25)22-8-5-9-23(16-22)28(29,30)31/h4-9,15-16,18,24H,10-14,17H2,1-3H3,(H,32,37)/t24-/m0/s1. The van der Waals surface area contributed by atoms with Crippen LogP contribution in [-0.4, -0.2) is 64.0 Å². The third kappa shape index (κ3) is 7.44. The van der Waals surface area contributed by atoms with Crippen molar-refractivity contribution in [3.05, 3.63) is 59.7 Å². The maximum Gasteiger partial charge on any atom is 0.416 e. The van der Waals surface area contributed by atoms with E-state index in [2.05, 4.69) is 20.4 Å². The molecule has 208 valence electrons. The fraction of sp³-hybridized carbons (Fsp3) is 0.429. The van der Waals surface area contributed by atoms with Crippen LogP contribution in [0.3, 0.4) is 0 Å². The minimum absolute atomic E-state index is 0.0114. The molecule has 0 unspecified atom stereocenters. The number of hydrogen-bond donors (Lipinski definition) is 1. The molecule has 1 aromatic heterocycles. The molecule has 2 heterocycles. The predicted octanol–water partition coefficient (Wildman–Crippen LogP) is 4.62. The molecule has 1 aliphatic rings. The summed E-state index contributed by atoms with van der Waals surface area (Å²) in [7, 11) is 0. The van der Waals surface area contributed by atoms with Gasteiger partial charge in [0.2, 0.25) is 17.6 Å². The summed E-state index contributed by atoms with van der Waals surface area (Å²) < 4.78 is 44.5.